The van der Waals surface area contributed by atoms with Crippen molar-refractivity contribution in [3.05, 3.63) is 42.9 Å². The second-order valence-corrected chi connectivity index (χ2v) is 5.40. The van der Waals surface area contributed by atoms with Crippen molar-refractivity contribution in [1.29, 1.82) is 0 Å². The van der Waals surface area contributed by atoms with E-state index in [1.165, 1.54) is 12.5 Å². The van der Waals surface area contributed by atoms with Gasteiger partial charge in [-0.15, -0.1) is 0 Å². The van der Waals surface area contributed by atoms with Crippen LogP contribution in [0.2, 0.25) is 0 Å². The summed E-state index contributed by atoms with van der Waals surface area (Å²) in [7, 11) is 0. The van der Waals surface area contributed by atoms with Crippen molar-refractivity contribution in [2.75, 3.05) is 18.0 Å². The summed E-state index contributed by atoms with van der Waals surface area (Å²) in [6, 6.07) is 3.63. The Hall–Kier alpha value is -2.77. The molecule has 0 atom stereocenters. The molecule has 0 aromatic carbocycles. The standard InChI is InChI=1S/C15H15FN6O/c16-12-9-17-10-18-15(12)21-6-2-11(3-7-21)23-14-4-8-22-13(20-14)1-5-19-22/h1,4-5,8-11H,2-3,6-7H2. The number of halogens is 1. The van der Waals surface area contributed by atoms with Gasteiger partial charge in [-0.05, 0) is 0 Å². The van der Waals surface area contributed by atoms with Gasteiger partial charge >= 0.3 is 0 Å². The summed E-state index contributed by atoms with van der Waals surface area (Å²) < 4.78 is 21.3. The van der Waals surface area contributed by atoms with E-state index in [1.54, 1.807) is 16.8 Å². The number of nitrogens with zero attached hydrogens (tertiary/aromatic N) is 6. The average molecular weight is 314 g/mol. The normalized spacial score (nSPS) is 16.0. The minimum Gasteiger partial charge on any atom is -0.474 e. The van der Waals surface area contributed by atoms with Crippen LogP contribution in [-0.2, 0) is 0 Å². The summed E-state index contributed by atoms with van der Waals surface area (Å²) in [4.78, 5) is 14.0. The molecule has 0 unspecified atom stereocenters. The summed E-state index contributed by atoms with van der Waals surface area (Å²) in [6.07, 6.45) is 7.71. The third kappa shape index (κ3) is 2.79. The molecule has 4 rings (SSSR count). The van der Waals surface area contributed by atoms with Crippen molar-refractivity contribution in [2.24, 2.45) is 0 Å². The van der Waals surface area contributed by atoms with Crippen LogP contribution in [0, 0.1) is 5.82 Å². The molecule has 0 N–H and O–H groups in total. The van der Waals surface area contributed by atoms with E-state index in [1.807, 2.05) is 17.2 Å². The van der Waals surface area contributed by atoms with Crippen molar-refractivity contribution in [3.8, 4) is 5.88 Å². The Labute approximate surface area is 131 Å². The topological polar surface area (TPSA) is 68.4 Å². The van der Waals surface area contributed by atoms with E-state index in [0.29, 0.717) is 24.8 Å². The zero-order valence-corrected chi connectivity index (χ0v) is 12.3. The number of ether oxygens (including phenoxy) is 1. The number of aromatic nitrogens is 5. The molecule has 1 aliphatic rings. The summed E-state index contributed by atoms with van der Waals surface area (Å²) in [5.74, 6) is 0.557. The van der Waals surface area contributed by atoms with Crippen LogP contribution in [0.25, 0.3) is 5.65 Å². The second-order valence-electron chi connectivity index (χ2n) is 5.40. The van der Waals surface area contributed by atoms with Crippen LogP contribution < -0.4 is 9.64 Å². The number of anilines is 1. The SMILES string of the molecule is Fc1cncnc1N1CCC(Oc2ccn3nccc3n2)CC1. The molecule has 1 aliphatic heterocycles. The third-order valence-electron chi connectivity index (χ3n) is 3.91. The highest BCUT2D eigenvalue weighted by Gasteiger charge is 2.23. The lowest BCUT2D eigenvalue weighted by molar-refractivity contribution is 0.163. The van der Waals surface area contributed by atoms with Crippen LogP contribution in [0.3, 0.4) is 0 Å². The fraction of sp³-hybridized carbons (Fsp3) is 0.333. The van der Waals surface area contributed by atoms with E-state index in [2.05, 4.69) is 20.1 Å². The molecule has 1 fully saturated rings. The highest BCUT2D eigenvalue weighted by Crippen LogP contribution is 2.22. The lowest BCUT2D eigenvalue weighted by Gasteiger charge is -2.32. The molecule has 0 radical (unpaired) electrons. The van der Waals surface area contributed by atoms with Gasteiger partial charge in [-0.2, -0.15) is 10.1 Å². The van der Waals surface area contributed by atoms with Gasteiger partial charge in [-0.3, -0.25) is 0 Å². The van der Waals surface area contributed by atoms with Gasteiger partial charge in [0.1, 0.15) is 12.4 Å². The largest absolute Gasteiger partial charge is 0.474 e. The van der Waals surface area contributed by atoms with Gasteiger partial charge < -0.3 is 9.64 Å². The molecule has 0 bridgehead atoms. The fourth-order valence-corrected chi connectivity index (χ4v) is 2.76. The highest BCUT2D eigenvalue weighted by molar-refractivity contribution is 5.39. The van der Waals surface area contributed by atoms with Crippen molar-refractivity contribution in [1.82, 2.24) is 24.6 Å². The summed E-state index contributed by atoms with van der Waals surface area (Å²) in [5, 5.41) is 4.10. The molecule has 3 aromatic heterocycles. The Bertz CT molecular complexity index is 814. The first-order valence-corrected chi connectivity index (χ1v) is 7.47. The molecule has 0 amide bonds. The zero-order chi connectivity index (χ0) is 15.6. The molecule has 23 heavy (non-hydrogen) atoms. The Morgan fingerprint density at radius 3 is 2.91 bits per heavy atom. The minimum absolute atomic E-state index is 0.0639. The molecule has 0 aliphatic carbocycles. The number of hydrogen-bond acceptors (Lipinski definition) is 6. The molecule has 118 valence electrons. The van der Waals surface area contributed by atoms with Crippen molar-refractivity contribution >= 4 is 11.5 Å². The van der Waals surface area contributed by atoms with Crippen LogP contribution in [0.4, 0.5) is 10.2 Å². The molecule has 0 saturated carbocycles. The Balaban J connectivity index is 1.40. The minimum atomic E-state index is -0.389. The molecular formula is C15H15FN6O. The lowest BCUT2D eigenvalue weighted by atomic mass is 10.1. The first-order valence-electron chi connectivity index (χ1n) is 7.47. The fourth-order valence-electron chi connectivity index (χ4n) is 2.76. The Morgan fingerprint density at radius 1 is 1.22 bits per heavy atom. The lowest BCUT2D eigenvalue weighted by Crippen LogP contribution is -2.39. The van der Waals surface area contributed by atoms with E-state index < -0.39 is 0 Å². The molecule has 4 heterocycles. The summed E-state index contributed by atoms with van der Waals surface area (Å²) in [5.41, 5.74) is 0.753. The second kappa shape index (κ2) is 5.79. The van der Waals surface area contributed by atoms with Crippen molar-refractivity contribution in [2.45, 2.75) is 18.9 Å². The number of fused-ring (bicyclic) bond motifs is 1. The van der Waals surface area contributed by atoms with Gasteiger partial charge in [-0.25, -0.2) is 18.9 Å². The van der Waals surface area contributed by atoms with Gasteiger partial charge in [0.05, 0.1) is 12.4 Å². The highest BCUT2D eigenvalue weighted by atomic mass is 19.1. The molecule has 0 spiro atoms. The van der Waals surface area contributed by atoms with Gasteiger partial charge in [0.15, 0.2) is 17.3 Å². The van der Waals surface area contributed by atoms with Crippen LogP contribution in [-0.4, -0.2) is 43.8 Å². The van der Waals surface area contributed by atoms with E-state index in [9.17, 15) is 4.39 Å². The predicted octanol–water partition coefficient (Wildman–Crippen LogP) is 1.71. The van der Waals surface area contributed by atoms with E-state index in [4.69, 9.17) is 4.74 Å². The van der Waals surface area contributed by atoms with Gasteiger partial charge in [0.25, 0.3) is 0 Å². The summed E-state index contributed by atoms with van der Waals surface area (Å²) >= 11 is 0. The maximum atomic E-state index is 13.7. The molecule has 8 heteroatoms. The Kier molecular flexibility index (Phi) is 3.49. The van der Waals surface area contributed by atoms with E-state index >= 15 is 0 Å². The van der Waals surface area contributed by atoms with Crippen LogP contribution in [0.15, 0.2) is 37.1 Å². The van der Waals surface area contributed by atoms with E-state index in [0.717, 1.165) is 18.5 Å². The average Bonchev–Trinajstić information content (AvgIpc) is 3.04. The van der Waals surface area contributed by atoms with Crippen molar-refractivity contribution in [3.63, 3.8) is 0 Å². The van der Waals surface area contributed by atoms with Gasteiger partial charge in [0, 0.05) is 44.3 Å². The third-order valence-corrected chi connectivity index (χ3v) is 3.91. The van der Waals surface area contributed by atoms with Crippen LogP contribution in [0.5, 0.6) is 5.88 Å². The first-order chi connectivity index (χ1) is 11.3. The Morgan fingerprint density at radius 2 is 2.09 bits per heavy atom. The molecule has 3 aromatic rings. The molecular weight excluding hydrogens is 299 g/mol. The van der Waals surface area contributed by atoms with E-state index in [-0.39, 0.29) is 11.9 Å². The predicted molar refractivity (Wildman–Crippen MR) is 80.8 cm³/mol. The van der Waals surface area contributed by atoms with Crippen LogP contribution in [0.1, 0.15) is 12.8 Å². The number of piperidine rings is 1. The maximum Gasteiger partial charge on any atom is 0.217 e. The number of hydrogen-bond donors (Lipinski definition) is 0. The van der Waals surface area contributed by atoms with Gasteiger partial charge in [0.2, 0.25) is 5.88 Å². The monoisotopic (exact) mass is 314 g/mol. The van der Waals surface area contributed by atoms with Crippen LogP contribution >= 0.6 is 0 Å². The quantitative estimate of drug-likeness (QED) is 0.733. The zero-order valence-electron chi connectivity index (χ0n) is 12.3. The van der Waals surface area contributed by atoms with Gasteiger partial charge in [-0.1, -0.05) is 0 Å². The maximum absolute atomic E-state index is 13.7. The van der Waals surface area contributed by atoms with Crippen molar-refractivity contribution < 1.29 is 9.13 Å². The molecule has 7 nitrogen and oxygen atoms in total. The summed E-state index contributed by atoms with van der Waals surface area (Å²) in [6.45, 7) is 1.38. The first kappa shape index (κ1) is 13.9. The molecule has 1 saturated heterocycles. The smallest absolute Gasteiger partial charge is 0.217 e. The number of rotatable bonds is 3.